The first-order valence-corrected chi connectivity index (χ1v) is 24.0. The molecule has 4 aliphatic rings. The molecule has 4 fully saturated rings. The van der Waals surface area contributed by atoms with Gasteiger partial charge < -0.3 is 15.5 Å². The number of rotatable bonds is 12. The molecule has 2 aliphatic heterocycles. The minimum Gasteiger partial charge on any atom is -0.399 e. The minimum absolute atomic E-state index is 0.186. The molecule has 0 bridgehead atoms. The lowest BCUT2D eigenvalue weighted by molar-refractivity contribution is 0.274. The first-order chi connectivity index (χ1) is 26.0. The van der Waals surface area contributed by atoms with Crippen molar-refractivity contribution in [2.24, 2.45) is 23.7 Å². The Bertz CT molecular complexity index is 2090. The van der Waals surface area contributed by atoms with Crippen LogP contribution in [0.2, 0.25) is 0 Å². The number of nitrogens with zero attached hydrogens (tertiary/aromatic N) is 2. The summed E-state index contributed by atoms with van der Waals surface area (Å²) in [6.07, 6.45) is 6.92. The Labute approximate surface area is 333 Å². The zero-order valence-electron chi connectivity index (χ0n) is 32.6. The predicted molar refractivity (Wildman–Crippen MR) is 228 cm³/mol. The van der Waals surface area contributed by atoms with Crippen LogP contribution in [0.15, 0.2) is 109 Å². The molecule has 11 heteroatoms. The van der Waals surface area contributed by atoms with Crippen LogP contribution in [-0.4, -0.2) is 78.4 Å². The minimum atomic E-state index is -3.24. The van der Waals surface area contributed by atoms with Crippen LogP contribution in [0, 0.1) is 23.7 Å². The van der Waals surface area contributed by atoms with Crippen LogP contribution in [-0.2, 0) is 42.7 Å². The number of piperidine rings is 2. The van der Waals surface area contributed by atoms with Gasteiger partial charge in [-0.05, 0) is 109 Å². The lowest BCUT2D eigenvalue weighted by Gasteiger charge is -2.24. The predicted octanol–water partition coefficient (Wildman–Crippen LogP) is 7.42. The van der Waals surface area contributed by atoms with E-state index in [1.54, 1.807) is 0 Å². The Balaban J connectivity index is 0.000000168. The largest absolute Gasteiger partial charge is 0.399 e. The molecule has 0 radical (unpaired) electrons. The molecule has 0 spiro atoms. The van der Waals surface area contributed by atoms with Crippen molar-refractivity contribution >= 4 is 41.1 Å². The van der Waals surface area contributed by atoms with Gasteiger partial charge in [0.1, 0.15) is 0 Å². The van der Waals surface area contributed by atoms with Gasteiger partial charge >= 0.3 is 0 Å². The summed E-state index contributed by atoms with van der Waals surface area (Å²) in [5, 5.41) is 0. The van der Waals surface area contributed by atoms with Crippen molar-refractivity contribution in [2.75, 3.05) is 62.2 Å². The smallest absolute Gasteiger partial charge is 0.229 e. The average molecular weight is 806 g/mol. The second kappa shape index (κ2) is 17.0. The molecular weight excluding hydrogens is 748 g/mol. The second-order valence-electron chi connectivity index (χ2n) is 16.5. The molecule has 3 N–H and O–H groups in total. The number of nitrogen functional groups attached to an aromatic ring is 1. The average Bonchev–Trinajstić information content (AvgIpc) is 3.60. The Morgan fingerprint density at radius 1 is 0.636 bits per heavy atom. The SMILES string of the molecule is CC1(c2cccc(N)c2)C2CN(CCCc3ccccc3)CC21.CC1(c2cccc(NS(C)(=O)=O)c2)C2CN(CCCc3ccccc3)CC21.CS(=O)(=O)Cl. The molecule has 4 atom stereocenters. The van der Waals surface area contributed by atoms with Gasteiger partial charge in [-0.3, -0.25) is 4.72 Å². The third-order valence-corrected chi connectivity index (χ3v) is 13.1. The van der Waals surface area contributed by atoms with Crippen LogP contribution in [0.5, 0.6) is 0 Å². The van der Waals surface area contributed by atoms with Gasteiger partial charge in [-0.2, -0.15) is 0 Å². The zero-order chi connectivity index (χ0) is 39.4. The van der Waals surface area contributed by atoms with Gasteiger partial charge in [-0.25, -0.2) is 16.8 Å². The summed E-state index contributed by atoms with van der Waals surface area (Å²) in [6, 6.07) is 38.0. The van der Waals surface area contributed by atoms with Gasteiger partial charge in [0, 0.05) is 59.1 Å². The van der Waals surface area contributed by atoms with E-state index in [2.05, 4.69) is 124 Å². The van der Waals surface area contributed by atoms with E-state index in [1.165, 1.54) is 67.4 Å². The quantitative estimate of drug-likeness (QED) is 0.113. The maximum absolute atomic E-state index is 11.5. The molecule has 4 aromatic rings. The van der Waals surface area contributed by atoms with Crippen LogP contribution >= 0.6 is 10.7 Å². The summed E-state index contributed by atoms with van der Waals surface area (Å²) in [6.45, 7) is 12.0. The number of nitrogens with one attached hydrogen (secondary N) is 1. The summed E-state index contributed by atoms with van der Waals surface area (Å²) in [5.74, 6) is 3.01. The Kier molecular flexibility index (Phi) is 12.7. The zero-order valence-corrected chi connectivity index (χ0v) is 35.0. The highest BCUT2D eigenvalue weighted by molar-refractivity contribution is 8.13. The molecule has 2 heterocycles. The Morgan fingerprint density at radius 2 is 1.04 bits per heavy atom. The summed E-state index contributed by atoms with van der Waals surface area (Å²) < 4.78 is 44.4. The first-order valence-electron chi connectivity index (χ1n) is 19.4. The van der Waals surface area contributed by atoms with Crippen molar-refractivity contribution in [3.05, 3.63) is 131 Å². The topological polar surface area (TPSA) is 113 Å². The first kappa shape index (κ1) is 41.2. The Morgan fingerprint density at radius 3 is 1.44 bits per heavy atom. The summed E-state index contributed by atoms with van der Waals surface area (Å²) >= 11 is 0. The number of halogens is 1. The van der Waals surface area contributed by atoms with Crippen LogP contribution < -0.4 is 10.5 Å². The molecular formula is C44H57ClN4O4S2. The Hall–Kier alpha value is -3.41. The molecule has 2 saturated heterocycles. The fourth-order valence-electron chi connectivity index (χ4n) is 9.46. The van der Waals surface area contributed by atoms with Crippen molar-refractivity contribution in [3.8, 4) is 0 Å². The summed E-state index contributed by atoms with van der Waals surface area (Å²) in [4.78, 5) is 5.25. The van der Waals surface area contributed by atoms with E-state index in [-0.39, 0.29) is 5.41 Å². The van der Waals surface area contributed by atoms with Gasteiger partial charge in [0.15, 0.2) is 0 Å². The number of anilines is 2. The highest BCUT2D eigenvalue weighted by atomic mass is 35.7. The van der Waals surface area contributed by atoms with Gasteiger partial charge in [0.05, 0.1) is 12.5 Å². The number of fused-ring (bicyclic) bond motifs is 2. The molecule has 2 saturated carbocycles. The van der Waals surface area contributed by atoms with Gasteiger partial charge in [-0.15, -0.1) is 0 Å². The number of hydrogen-bond donors (Lipinski definition) is 2. The maximum Gasteiger partial charge on any atom is 0.229 e. The fourth-order valence-corrected chi connectivity index (χ4v) is 10.0. The normalized spacial score (nSPS) is 26.8. The molecule has 55 heavy (non-hydrogen) atoms. The molecule has 4 aromatic carbocycles. The second-order valence-corrected chi connectivity index (χ2v) is 21.2. The molecule has 0 amide bonds. The van der Waals surface area contributed by atoms with Crippen molar-refractivity contribution in [1.82, 2.24) is 9.80 Å². The highest BCUT2D eigenvalue weighted by Gasteiger charge is 2.66. The summed E-state index contributed by atoms with van der Waals surface area (Å²) in [5.41, 5.74) is 13.7. The third kappa shape index (κ3) is 10.7. The van der Waals surface area contributed by atoms with E-state index >= 15 is 0 Å². The lowest BCUT2D eigenvalue weighted by Crippen LogP contribution is -2.30. The summed E-state index contributed by atoms with van der Waals surface area (Å²) in [7, 11) is -1.93. The van der Waals surface area contributed by atoms with Crippen LogP contribution in [0.1, 0.15) is 48.9 Å². The number of aryl methyl sites for hydroxylation is 2. The standard InChI is InChI=1S/C22H28N2O2S.C21H26N2.CH3ClO2S/c1-22(18-11-6-12-19(14-18)23-27(2,25)26)20-15-24(16-21(20)22)13-7-10-17-8-4-3-5-9-17;1-21(17-10-5-11-18(22)13-17)19-14-23(15-20(19)21)12-6-9-16-7-3-2-4-8-16;1-5(2,3)4/h3-6,8-9,11-12,14,20-21,23H,7,10,13,15-16H2,1-2H3;2-5,7-8,10-11,13,19-20H,6,9,12,14-15,22H2,1H3;1H3. The van der Waals surface area contributed by atoms with Gasteiger partial charge in [-0.1, -0.05) is 98.8 Å². The maximum atomic E-state index is 11.5. The monoisotopic (exact) mass is 804 g/mol. The van der Waals surface area contributed by atoms with Crippen LogP contribution in [0.4, 0.5) is 11.4 Å². The van der Waals surface area contributed by atoms with Gasteiger partial charge in [0.2, 0.25) is 19.1 Å². The van der Waals surface area contributed by atoms with Crippen molar-refractivity contribution in [2.45, 2.75) is 50.4 Å². The highest BCUT2D eigenvalue weighted by Crippen LogP contribution is 2.64. The van der Waals surface area contributed by atoms with E-state index < -0.39 is 19.1 Å². The van der Waals surface area contributed by atoms with E-state index in [0.717, 1.165) is 49.8 Å². The van der Waals surface area contributed by atoms with Crippen molar-refractivity contribution in [3.63, 3.8) is 0 Å². The van der Waals surface area contributed by atoms with Crippen LogP contribution in [0.25, 0.3) is 0 Å². The molecule has 4 unspecified atom stereocenters. The number of likely N-dealkylation sites (tertiary alicyclic amines) is 2. The number of hydrogen-bond acceptors (Lipinski definition) is 7. The molecule has 2 aliphatic carbocycles. The van der Waals surface area contributed by atoms with Crippen molar-refractivity contribution in [1.29, 1.82) is 0 Å². The number of sulfonamides is 1. The van der Waals surface area contributed by atoms with Gasteiger partial charge in [0.25, 0.3) is 0 Å². The van der Waals surface area contributed by atoms with E-state index in [4.69, 9.17) is 5.73 Å². The van der Waals surface area contributed by atoms with E-state index in [0.29, 0.717) is 22.9 Å². The van der Waals surface area contributed by atoms with Crippen LogP contribution in [0.3, 0.4) is 0 Å². The van der Waals surface area contributed by atoms with E-state index in [1.807, 2.05) is 24.3 Å². The molecule has 8 nitrogen and oxygen atoms in total. The van der Waals surface area contributed by atoms with E-state index in [9.17, 15) is 16.8 Å². The molecule has 8 rings (SSSR count). The third-order valence-electron chi connectivity index (χ3n) is 12.5. The number of benzene rings is 4. The van der Waals surface area contributed by atoms with Crippen molar-refractivity contribution < 1.29 is 16.8 Å². The number of nitrogens with two attached hydrogens (primary N) is 1. The fraction of sp³-hybridized carbons (Fsp3) is 0.455. The molecule has 0 aromatic heterocycles. The molecule has 296 valence electrons. The lowest BCUT2D eigenvalue weighted by atomic mass is 9.92.